The molecule has 19 heavy (non-hydrogen) atoms. The zero-order valence-electron chi connectivity index (χ0n) is 11.9. The lowest BCUT2D eigenvalue weighted by atomic mass is 9.84. The molecule has 0 aliphatic carbocycles. The van der Waals surface area contributed by atoms with Gasteiger partial charge in [-0.05, 0) is 17.7 Å². The summed E-state index contributed by atoms with van der Waals surface area (Å²) < 4.78 is 0. The summed E-state index contributed by atoms with van der Waals surface area (Å²) in [7, 11) is 2.13. The van der Waals surface area contributed by atoms with Gasteiger partial charge in [0.05, 0.1) is 0 Å². The van der Waals surface area contributed by atoms with Gasteiger partial charge in [-0.3, -0.25) is 0 Å². The largest absolute Gasteiger partial charge is 0.347 e. The third kappa shape index (κ3) is 2.41. The van der Waals surface area contributed by atoms with Crippen LogP contribution < -0.4 is 4.90 Å². The van der Waals surface area contributed by atoms with Crippen molar-refractivity contribution in [3.05, 3.63) is 78.6 Å². The van der Waals surface area contributed by atoms with E-state index in [4.69, 9.17) is 0 Å². The summed E-state index contributed by atoms with van der Waals surface area (Å²) in [5.74, 6) is 0. The normalized spacial score (nSPS) is 19.5. The van der Waals surface area contributed by atoms with Crippen molar-refractivity contribution in [1.29, 1.82) is 0 Å². The summed E-state index contributed by atoms with van der Waals surface area (Å²) in [6.07, 6.45) is 12.0. The fourth-order valence-electron chi connectivity index (χ4n) is 2.66. The molecule has 1 heterocycles. The summed E-state index contributed by atoms with van der Waals surface area (Å²) in [5, 5.41) is 0. The second kappa shape index (κ2) is 5.31. The summed E-state index contributed by atoms with van der Waals surface area (Å²) in [6, 6.07) is 8.60. The molecule has 0 unspecified atom stereocenters. The number of rotatable bonds is 3. The Kier molecular flexibility index (Phi) is 3.75. The van der Waals surface area contributed by atoms with Crippen molar-refractivity contribution in [3.63, 3.8) is 0 Å². The maximum Gasteiger partial charge on any atom is 0.0447 e. The summed E-state index contributed by atoms with van der Waals surface area (Å²) in [6.45, 7) is 8.20. The molecule has 1 aliphatic rings. The lowest BCUT2D eigenvalue weighted by Crippen LogP contribution is -2.22. The molecule has 0 aromatic heterocycles. The predicted octanol–water partition coefficient (Wildman–Crippen LogP) is 4.60. The highest BCUT2D eigenvalue weighted by atomic mass is 15.2. The molecule has 0 N–H and O–H groups in total. The third-order valence-corrected chi connectivity index (χ3v) is 3.66. The van der Waals surface area contributed by atoms with Crippen LogP contribution in [0.1, 0.15) is 19.4 Å². The topological polar surface area (TPSA) is 3.24 Å². The Morgan fingerprint density at radius 1 is 1.05 bits per heavy atom. The van der Waals surface area contributed by atoms with E-state index in [1.807, 2.05) is 18.2 Å². The maximum atomic E-state index is 3.65. The van der Waals surface area contributed by atoms with Gasteiger partial charge >= 0.3 is 0 Å². The molecule has 0 amide bonds. The smallest absolute Gasteiger partial charge is 0.0447 e. The van der Waals surface area contributed by atoms with Crippen molar-refractivity contribution in [2.75, 3.05) is 11.9 Å². The molecule has 1 heteroatoms. The molecular formula is C18H21N. The number of benzene rings is 1. The Bertz CT molecular complexity index is 559. The fraction of sp³-hybridized carbons (Fsp3) is 0.222. The molecule has 1 nitrogen and oxygen atoms in total. The van der Waals surface area contributed by atoms with Gasteiger partial charge in [-0.2, -0.15) is 0 Å². The van der Waals surface area contributed by atoms with E-state index in [9.17, 15) is 0 Å². The number of allylic oxidation sites excluding steroid dienone is 7. The van der Waals surface area contributed by atoms with Gasteiger partial charge < -0.3 is 4.90 Å². The minimum absolute atomic E-state index is 0.0534. The molecule has 1 aromatic rings. The van der Waals surface area contributed by atoms with Gasteiger partial charge in [-0.15, -0.1) is 0 Å². The molecule has 0 saturated carbocycles. The SMILES string of the molecule is C=CC=CC=CC=C1N(C)c2ccccc2C1(C)C. The van der Waals surface area contributed by atoms with Crippen LogP contribution in [0.4, 0.5) is 5.69 Å². The number of nitrogens with zero attached hydrogens (tertiary/aromatic N) is 1. The quantitative estimate of drug-likeness (QED) is 0.710. The first kappa shape index (κ1) is 13.4. The molecular weight excluding hydrogens is 230 g/mol. The van der Waals surface area contributed by atoms with E-state index in [2.05, 4.69) is 68.8 Å². The standard InChI is InChI=1S/C18H21N/c1-5-6-7-8-9-14-17-18(2,3)15-12-10-11-13-16(15)19(17)4/h5-14H,1H2,2-4H3. The molecule has 0 radical (unpaired) electrons. The van der Waals surface area contributed by atoms with Crippen LogP contribution in [0, 0.1) is 0 Å². The van der Waals surface area contributed by atoms with Gasteiger partial charge in [0.15, 0.2) is 0 Å². The van der Waals surface area contributed by atoms with E-state index in [0.717, 1.165) is 0 Å². The van der Waals surface area contributed by atoms with Crippen molar-refractivity contribution in [1.82, 2.24) is 0 Å². The number of fused-ring (bicyclic) bond motifs is 1. The average molecular weight is 251 g/mol. The number of hydrogen-bond donors (Lipinski definition) is 0. The average Bonchev–Trinajstić information content (AvgIpc) is 2.60. The van der Waals surface area contributed by atoms with Crippen molar-refractivity contribution >= 4 is 5.69 Å². The van der Waals surface area contributed by atoms with Crippen molar-refractivity contribution in [2.24, 2.45) is 0 Å². The molecule has 98 valence electrons. The highest BCUT2D eigenvalue weighted by Crippen LogP contribution is 2.46. The second-order valence-electron chi connectivity index (χ2n) is 5.26. The van der Waals surface area contributed by atoms with E-state index in [1.54, 1.807) is 6.08 Å². The molecule has 0 fully saturated rings. The molecule has 0 spiro atoms. The van der Waals surface area contributed by atoms with E-state index >= 15 is 0 Å². The van der Waals surface area contributed by atoms with Gasteiger partial charge in [0.1, 0.15) is 0 Å². The van der Waals surface area contributed by atoms with Crippen LogP contribution in [0.2, 0.25) is 0 Å². The van der Waals surface area contributed by atoms with Crippen LogP contribution in [-0.4, -0.2) is 7.05 Å². The van der Waals surface area contributed by atoms with Gasteiger partial charge in [-0.25, -0.2) is 0 Å². The van der Waals surface area contributed by atoms with Gasteiger partial charge in [0, 0.05) is 23.8 Å². The first-order valence-electron chi connectivity index (χ1n) is 6.59. The minimum Gasteiger partial charge on any atom is -0.347 e. The van der Waals surface area contributed by atoms with E-state index in [0.29, 0.717) is 0 Å². The van der Waals surface area contributed by atoms with Crippen LogP contribution in [0.25, 0.3) is 0 Å². The highest BCUT2D eigenvalue weighted by molar-refractivity contribution is 5.70. The zero-order valence-corrected chi connectivity index (χ0v) is 11.9. The third-order valence-electron chi connectivity index (χ3n) is 3.66. The summed E-state index contributed by atoms with van der Waals surface area (Å²) in [4.78, 5) is 2.27. The van der Waals surface area contributed by atoms with Crippen molar-refractivity contribution < 1.29 is 0 Å². The lowest BCUT2D eigenvalue weighted by Gasteiger charge is -2.23. The van der Waals surface area contributed by atoms with Gasteiger partial charge in [0.2, 0.25) is 0 Å². The number of anilines is 1. The number of para-hydroxylation sites is 1. The molecule has 1 aromatic carbocycles. The predicted molar refractivity (Wildman–Crippen MR) is 84.4 cm³/mol. The first-order valence-corrected chi connectivity index (χ1v) is 6.59. The van der Waals surface area contributed by atoms with Crippen LogP contribution in [0.3, 0.4) is 0 Å². The Labute approximate surface area is 116 Å². The fourth-order valence-corrected chi connectivity index (χ4v) is 2.66. The Morgan fingerprint density at radius 2 is 1.74 bits per heavy atom. The van der Waals surface area contributed by atoms with Crippen molar-refractivity contribution in [3.8, 4) is 0 Å². The molecule has 0 bridgehead atoms. The van der Waals surface area contributed by atoms with Crippen LogP contribution >= 0.6 is 0 Å². The maximum absolute atomic E-state index is 3.65. The Hall–Kier alpha value is -2.02. The van der Waals surface area contributed by atoms with Crippen LogP contribution in [-0.2, 0) is 5.41 Å². The minimum atomic E-state index is 0.0534. The number of likely N-dealkylation sites (N-methyl/N-ethyl adjacent to an activating group) is 1. The van der Waals surface area contributed by atoms with E-state index < -0.39 is 0 Å². The van der Waals surface area contributed by atoms with Gasteiger partial charge in [0.25, 0.3) is 0 Å². The van der Waals surface area contributed by atoms with Crippen molar-refractivity contribution in [2.45, 2.75) is 19.3 Å². The van der Waals surface area contributed by atoms with Crippen LogP contribution in [0.5, 0.6) is 0 Å². The molecule has 2 rings (SSSR count). The summed E-state index contributed by atoms with van der Waals surface area (Å²) in [5.41, 5.74) is 4.06. The second-order valence-corrected chi connectivity index (χ2v) is 5.26. The lowest BCUT2D eigenvalue weighted by molar-refractivity contribution is 0.640. The van der Waals surface area contributed by atoms with Crippen LogP contribution in [0.15, 0.2) is 73.0 Å². The zero-order chi connectivity index (χ0) is 13.9. The Morgan fingerprint density at radius 3 is 2.42 bits per heavy atom. The van der Waals surface area contributed by atoms with Gasteiger partial charge in [-0.1, -0.05) is 69.0 Å². The monoisotopic (exact) mass is 251 g/mol. The number of hydrogen-bond acceptors (Lipinski definition) is 1. The highest BCUT2D eigenvalue weighted by Gasteiger charge is 2.37. The first-order chi connectivity index (χ1) is 9.09. The molecule has 1 aliphatic heterocycles. The van der Waals surface area contributed by atoms with E-state index in [-0.39, 0.29) is 5.41 Å². The Balaban J connectivity index is 2.34. The molecule has 0 atom stereocenters. The van der Waals surface area contributed by atoms with E-state index in [1.165, 1.54) is 16.9 Å². The molecule has 0 saturated heterocycles. The summed E-state index contributed by atoms with van der Waals surface area (Å²) >= 11 is 0.